The minimum atomic E-state index is -3.63. The maximum atomic E-state index is 12.6. The quantitative estimate of drug-likeness (QED) is 0.678. The van der Waals surface area contributed by atoms with Crippen molar-refractivity contribution in [2.45, 2.75) is 61.4 Å². The fourth-order valence-electron chi connectivity index (χ4n) is 3.49. The lowest BCUT2D eigenvalue weighted by Crippen LogP contribution is -2.42. The van der Waals surface area contributed by atoms with Gasteiger partial charge in [0, 0.05) is 29.8 Å². The van der Waals surface area contributed by atoms with Gasteiger partial charge in [0.15, 0.2) is 5.69 Å². The Bertz CT molecular complexity index is 951. The van der Waals surface area contributed by atoms with Crippen LogP contribution in [0.1, 0.15) is 60.7 Å². The molecule has 150 valence electrons. The van der Waals surface area contributed by atoms with Crippen LogP contribution in [-0.4, -0.2) is 31.6 Å². The average Bonchev–Trinajstić information content (AvgIpc) is 3.38. The van der Waals surface area contributed by atoms with Crippen molar-refractivity contribution in [3.05, 3.63) is 41.8 Å². The van der Waals surface area contributed by atoms with E-state index in [9.17, 15) is 13.2 Å². The number of carbonyl (C=O) groups excluding carboxylic acids is 1. The second-order valence-corrected chi connectivity index (χ2v) is 9.33. The fraction of sp³-hybridized carbons (Fsp3) is 0.474. The van der Waals surface area contributed by atoms with Crippen molar-refractivity contribution in [3.63, 3.8) is 0 Å². The summed E-state index contributed by atoms with van der Waals surface area (Å²) < 4.78 is 33.1. The standard InChI is InChI=1S/C19H24N4O4S/c20-13-2-1-3-15(10-13)23-28(25,26)16-8-6-14(7-9-16)21-19(24)17-11-18(27-22-17)12-4-5-12/h6-9,11-13,15,23H,1-5,10,20H2,(H,21,24). The maximum Gasteiger partial charge on any atom is 0.277 e. The molecule has 2 unspecified atom stereocenters. The number of hydrogen-bond acceptors (Lipinski definition) is 6. The highest BCUT2D eigenvalue weighted by atomic mass is 32.2. The first kappa shape index (κ1) is 19.1. The number of amides is 1. The Kier molecular flexibility index (Phi) is 5.22. The first-order valence-electron chi connectivity index (χ1n) is 9.56. The molecule has 1 amide bonds. The van der Waals surface area contributed by atoms with Gasteiger partial charge in [-0.1, -0.05) is 11.6 Å². The van der Waals surface area contributed by atoms with Crippen molar-refractivity contribution in [3.8, 4) is 0 Å². The smallest absolute Gasteiger partial charge is 0.277 e. The van der Waals surface area contributed by atoms with Crippen LogP contribution < -0.4 is 15.8 Å². The lowest BCUT2D eigenvalue weighted by molar-refractivity contribution is 0.101. The molecular formula is C19H24N4O4S. The van der Waals surface area contributed by atoms with E-state index in [1.807, 2.05) is 0 Å². The largest absolute Gasteiger partial charge is 0.360 e. The van der Waals surface area contributed by atoms with Gasteiger partial charge in [-0.2, -0.15) is 0 Å². The second kappa shape index (κ2) is 7.65. The molecule has 4 rings (SSSR count). The van der Waals surface area contributed by atoms with Gasteiger partial charge in [0.25, 0.3) is 5.91 Å². The number of nitrogens with one attached hydrogen (secondary N) is 2. The van der Waals surface area contributed by atoms with Crippen LogP contribution in [-0.2, 0) is 10.0 Å². The van der Waals surface area contributed by atoms with Crippen molar-refractivity contribution in [1.82, 2.24) is 9.88 Å². The number of carbonyl (C=O) groups is 1. The molecule has 2 fully saturated rings. The summed E-state index contributed by atoms with van der Waals surface area (Å²) in [4.78, 5) is 12.4. The Labute approximate surface area is 163 Å². The van der Waals surface area contributed by atoms with Crippen molar-refractivity contribution in [2.75, 3.05) is 5.32 Å². The molecule has 2 saturated carbocycles. The Morgan fingerprint density at radius 1 is 1.14 bits per heavy atom. The van der Waals surface area contributed by atoms with Crippen LogP contribution in [0, 0.1) is 0 Å². The second-order valence-electron chi connectivity index (χ2n) is 7.61. The molecule has 4 N–H and O–H groups in total. The van der Waals surface area contributed by atoms with E-state index in [0.29, 0.717) is 18.0 Å². The van der Waals surface area contributed by atoms with E-state index in [0.717, 1.165) is 37.9 Å². The molecule has 28 heavy (non-hydrogen) atoms. The van der Waals surface area contributed by atoms with E-state index >= 15 is 0 Å². The zero-order valence-corrected chi connectivity index (χ0v) is 16.2. The summed E-state index contributed by atoms with van der Waals surface area (Å²) in [5, 5.41) is 6.50. The van der Waals surface area contributed by atoms with Crippen molar-refractivity contribution < 1.29 is 17.7 Å². The van der Waals surface area contributed by atoms with Crippen molar-refractivity contribution in [1.29, 1.82) is 0 Å². The Balaban J connectivity index is 1.39. The van der Waals surface area contributed by atoms with Crippen LogP contribution in [0.15, 0.2) is 39.8 Å². The number of hydrogen-bond donors (Lipinski definition) is 3. The predicted molar refractivity (Wildman–Crippen MR) is 103 cm³/mol. The molecule has 2 aliphatic rings. The van der Waals surface area contributed by atoms with Crippen molar-refractivity contribution >= 4 is 21.6 Å². The van der Waals surface area contributed by atoms with Gasteiger partial charge >= 0.3 is 0 Å². The number of nitrogens with zero attached hydrogens (tertiary/aromatic N) is 1. The molecule has 8 nitrogen and oxygen atoms in total. The van der Waals surface area contributed by atoms with E-state index in [1.165, 1.54) is 12.1 Å². The fourth-order valence-corrected chi connectivity index (χ4v) is 4.77. The first-order valence-corrected chi connectivity index (χ1v) is 11.0. The normalized spacial score (nSPS) is 22.8. The molecule has 2 atom stereocenters. The predicted octanol–water partition coefficient (Wildman–Crippen LogP) is 2.35. The van der Waals surface area contributed by atoms with Gasteiger partial charge in [0.1, 0.15) is 5.76 Å². The molecule has 0 bridgehead atoms. The molecule has 0 saturated heterocycles. The van der Waals surface area contributed by atoms with Crippen LogP contribution in [0.3, 0.4) is 0 Å². The molecular weight excluding hydrogens is 380 g/mol. The zero-order valence-electron chi connectivity index (χ0n) is 15.4. The number of benzene rings is 1. The van der Waals surface area contributed by atoms with E-state index in [2.05, 4.69) is 15.2 Å². The summed E-state index contributed by atoms with van der Waals surface area (Å²) >= 11 is 0. The number of sulfonamides is 1. The Morgan fingerprint density at radius 3 is 2.57 bits per heavy atom. The minimum absolute atomic E-state index is 0.0380. The molecule has 9 heteroatoms. The van der Waals surface area contributed by atoms with Crippen LogP contribution in [0.2, 0.25) is 0 Å². The SMILES string of the molecule is NC1CCCC(NS(=O)(=O)c2ccc(NC(=O)c3cc(C4CC4)on3)cc2)C1. The summed E-state index contributed by atoms with van der Waals surface area (Å²) in [6.45, 7) is 0. The summed E-state index contributed by atoms with van der Waals surface area (Å²) in [5.74, 6) is 0.727. The molecule has 0 spiro atoms. The van der Waals surface area contributed by atoms with Crippen molar-refractivity contribution in [2.24, 2.45) is 5.73 Å². The third-order valence-electron chi connectivity index (χ3n) is 5.20. The van der Waals surface area contributed by atoms with Gasteiger partial charge < -0.3 is 15.6 Å². The highest BCUT2D eigenvalue weighted by Crippen LogP contribution is 2.40. The maximum absolute atomic E-state index is 12.6. The van der Waals surface area contributed by atoms with Gasteiger partial charge in [-0.05, 0) is 56.4 Å². The molecule has 0 radical (unpaired) electrons. The van der Waals surface area contributed by atoms with Gasteiger partial charge in [-0.3, -0.25) is 4.79 Å². The third-order valence-corrected chi connectivity index (χ3v) is 6.74. The lowest BCUT2D eigenvalue weighted by atomic mass is 9.92. The van der Waals surface area contributed by atoms with Gasteiger partial charge in [0.05, 0.1) is 4.90 Å². The van der Waals surface area contributed by atoms with Crippen LogP contribution in [0.5, 0.6) is 0 Å². The minimum Gasteiger partial charge on any atom is -0.360 e. The summed E-state index contributed by atoms with van der Waals surface area (Å²) in [5.41, 5.74) is 6.63. The van der Waals surface area contributed by atoms with E-state index in [1.54, 1.807) is 18.2 Å². The topological polar surface area (TPSA) is 127 Å². The highest BCUT2D eigenvalue weighted by Gasteiger charge is 2.29. The molecule has 2 aromatic rings. The van der Waals surface area contributed by atoms with Gasteiger partial charge in [-0.15, -0.1) is 0 Å². The average molecular weight is 404 g/mol. The number of aromatic nitrogens is 1. The Hall–Kier alpha value is -2.23. The van der Waals surface area contributed by atoms with Gasteiger partial charge in [0.2, 0.25) is 10.0 Å². The third kappa shape index (κ3) is 4.43. The molecule has 1 heterocycles. The van der Waals surface area contributed by atoms with E-state index in [4.69, 9.17) is 10.3 Å². The molecule has 1 aromatic heterocycles. The highest BCUT2D eigenvalue weighted by molar-refractivity contribution is 7.89. The van der Waals surface area contributed by atoms with Gasteiger partial charge in [-0.25, -0.2) is 13.1 Å². The monoisotopic (exact) mass is 404 g/mol. The summed E-state index contributed by atoms with van der Waals surface area (Å²) in [6, 6.07) is 7.61. The summed E-state index contributed by atoms with van der Waals surface area (Å²) in [7, 11) is -3.63. The van der Waals surface area contributed by atoms with E-state index < -0.39 is 10.0 Å². The first-order chi connectivity index (χ1) is 13.4. The molecule has 1 aromatic carbocycles. The molecule has 2 aliphatic carbocycles. The van der Waals surface area contributed by atoms with Crippen LogP contribution >= 0.6 is 0 Å². The van der Waals surface area contributed by atoms with Crippen LogP contribution in [0.25, 0.3) is 0 Å². The lowest BCUT2D eigenvalue weighted by Gasteiger charge is -2.27. The van der Waals surface area contributed by atoms with E-state index in [-0.39, 0.29) is 28.6 Å². The number of anilines is 1. The molecule has 0 aliphatic heterocycles. The van der Waals surface area contributed by atoms with Crippen LogP contribution in [0.4, 0.5) is 5.69 Å². The Morgan fingerprint density at radius 2 is 1.89 bits per heavy atom. The number of rotatable bonds is 6. The summed E-state index contributed by atoms with van der Waals surface area (Å²) in [6.07, 6.45) is 5.42. The zero-order chi connectivity index (χ0) is 19.7. The number of nitrogens with two attached hydrogens (primary N) is 1.